The number of urea groups is 1. The molecule has 0 radical (unpaired) electrons. The SMILES string of the molecule is COc1ccc(S(=O)(=O)Nc2ccc3c(c2)C(=O)N([C@H](C)CO)C[C@H](C)[C@H](CN(C)C(=O)Nc2ccc4c(c2)OCO4)OCCCC[C@H](C)O3)cc1. The van der Waals surface area contributed by atoms with Gasteiger partial charge in [0.05, 0.1) is 42.4 Å². The molecule has 0 aromatic heterocycles. The largest absolute Gasteiger partial charge is 0.497 e. The van der Waals surface area contributed by atoms with E-state index in [2.05, 4.69) is 10.0 Å². The summed E-state index contributed by atoms with van der Waals surface area (Å²) in [6.45, 7) is 6.21. The van der Waals surface area contributed by atoms with Crippen LogP contribution in [-0.4, -0.2) is 101 Å². The van der Waals surface area contributed by atoms with Gasteiger partial charge in [0.2, 0.25) is 6.79 Å². The fourth-order valence-corrected chi connectivity index (χ4v) is 7.01. The van der Waals surface area contributed by atoms with Crippen LogP contribution in [0.25, 0.3) is 0 Å². The van der Waals surface area contributed by atoms with Crippen LogP contribution in [0.2, 0.25) is 0 Å². The number of ether oxygens (including phenoxy) is 5. The van der Waals surface area contributed by atoms with Crippen molar-refractivity contribution in [1.82, 2.24) is 9.80 Å². The van der Waals surface area contributed by atoms with E-state index < -0.39 is 28.1 Å². The molecule has 3 N–H and O–H groups in total. The number of nitrogens with one attached hydrogen (secondary N) is 2. The Balaban J connectivity index is 1.38. The molecule has 282 valence electrons. The number of aliphatic hydroxyl groups is 1. The maximum atomic E-state index is 14.4. The molecule has 0 saturated carbocycles. The van der Waals surface area contributed by atoms with Crippen molar-refractivity contribution in [2.24, 2.45) is 5.92 Å². The van der Waals surface area contributed by atoms with Gasteiger partial charge in [0, 0.05) is 50.1 Å². The Morgan fingerprint density at radius 3 is 2.46 bits per heavy atom. The van der Waals surface area contributed by atoms with E-state index in [9.17, 15) is 23.1 Å². The zero-order valence-corrected chi connectivity index (χ0v) is 31.0. The van der Waals surface area contributed by atoms with Gasteiger partial charge in [-0.1, -0.05) is 6.92 Å². The van der Waals surface area contributed by atoms with Crippen LogP contribution in [0.3, 0.4) is 0 Å². The van der Waals surface area contributed by atoms with Crippen molar-refractivity contribution in [2.75, 3.05) is 57.3 Å². The summed E-state index contributed by atoms with van der Waals surface area (Å²) in [5.74, 6) is 1.23. The molecule has 0 saturated heterocycles. The van der Waals surface area contributed by atoms with E-state index in [1.54, 1.807) is 56.4 Å². The highest BCUT2D eigenvalue weighted by atomic mass is 32.2. The summed E-state index contributed by atoms with van der Waals surface area (Å²) in [7, 11) is -0.845. The van der Waals surface area contributed by atoms with E-state index in [1.807, 2.05) is 13.8 Å². The maximum Gasteiger partial charge on any atom is 0.321 e. The molecule has 15 heteroatoms. The molecular formula is C37H48N4O10S. The molecule has 52 heavy (non-hydrogen) atoms. The molecule has 0 fully saturated rings. The van der Waals surface area contributed by atoms with Crippen molar-refractivity contribution in [2.45, 2.75) is 63.2 Å². The van der Waals surface area contributed by atoms with Gasteiger partial charge in [-0.15, -0.1) is 0 Å². The molecular weight excluding hydrogens is 692 g/mol. The predicted octanol–water partition coefficient (Wildman–Crippen LogP) is 5.18. The lowest BCUT2D eigenvalue weighted by Gasteiger charge is -2.35. The highest BCUT2D eigenvalue weighted by Crippen LogP contribution is 2.34. The highest BCUT2D eigenvalue weighted by molar-refractivity contribution is 7.92. The number of carbonyl (C=O) groups is 2. The predicted molar refractivity (Wildman–Crippen MR) is 195 cm³/mol. The van der Waals surface area contributed by atoms with Crippen LogP contribution in [0, 0.1) is 5.92 Å². The Morgan fingerprint density at radius 1 is 1.02 bits per heavy atom. The summed E-state index contributed by atoms with van der Waals surface area (Å²) in [4.78, 5) is 30.8. The van der Waals surface area contributed by atoms with Crippen molar-refractivity contribution in [3.05, 3.63) is 66.2 Å². The van der Waals surface area contributed by atoms with Crippen LogP contribution in [0.1, 0.15) is 50.4 Å². The maximum absolute atomic E-state index is 14.4. The molecule has 2 aliphatic rings. The van der Waals surface area contributed by atoms with E-state index >= 15 is 0 Å². The third kappa shape index (κ3) is 9.57. The summed E-state index contributed by atoms with van der Waals surface area (Å²) in [6, 6.07) is 14.8. The number of hydrogen-bond donors (Lipinski definition) is 3. The number of likely N-dealkylation sites (N-methyl/N-ethyl adjacent to an activating group) is 1. The van der Waals surface area contributed by atoms with Gasteiger partial charge in [0.1, 0.15) is 11.5 Å². The first-order chi connectivity index (χ1) is 24.9. The van der Waals surface area contributed by atoms with Gasteiger partial charge in [-0.3, -0.25) is 9.52 Å². The minimum Gasteiger partial charge on any atom is -0.497 e. The van der Waals surface area contributed by atoms with Crippen LogP contribution < -0.4 is 29.0 Å². The van der Waals surface area contributed by atoms with Gasteiger partial charge in [-0.25, -0.2) is 13.2 Å². The molecule has 3 amide bonds. The lowest BCUT2D eigenvalue weighted by Crippen LogP contribution is -2.48. The smallest absolute Gasteiger partial charge is 0.321 e. The Hall–Kier alpha value is -4.73. The van der Waals surface area contributed by atoms with Gasteiger partial charge in [-0.2, -0.15) is 0 Å². The van der Waals surface area contributed by atoms with Crippen LogP contribution in [0.15, 0.2) is 65.6 Å². The first-order valence-electron chi connectivity index (χ1n) is 17.3. The van der Waals surface area contributed by atoms with Crippen LogP contribution in [-0.2, 0) is 14.8 Å². The van der Waals surface area contributed by atoms with Crippen molar-refractivity contribution in [1.29, 1.82) is 0 Å². The third-order valence-electron chi connectivity index (χ3n) is 9.10. The first kappa shape index (κ1) is 38.5. The second-order valence-electron chi connectivity index (χ2n) is 13.2. The van der Waals surface area contributed by atoms with E-state index in [1.165, 1.54) is 35.1 Å². The monoisotopic (exact) mass is 740 g/mol. The van der Waals surface area contributed by atoms with E-state index in [4.69, 9.17) is 23.7 Å². The Morgan fingerprint density at radius 2 is 1.73 bits per heavy atom. The molecule has 2 heterocycles. The summed E-state index contributed by atoms with van der Waals surface area (Å²) in [5, 5.41) is 13.2. The first-order valence-corrected chi connectivity index (χ1v) is 18.8. The molecule has 3 aromatic carbocycles. The number of nitrogens with zero attached hydrogens (tertiary/aromatic N) is 2. The topological polar surface area (TPSA) is 165 Å². The molecule has 4 atom stereocenters. The Bertz CT molecular complexity index is 1810. The molecule has 3 aromatic rings. The van der Waals surface area contributed by atoms with Crippen LogP contribution >= 0.6 is 0 Å². The quantitative estimate of drug-likeness (QED) is 0.266. The number of methoxy groups -OCH3 is 1. The number of rotatable bonds is 9. The number of anilines is 2. The van der Waals surface area contributed by atoms with Gasteiger partial charge in [0.15, 0.2) is 11.5 Å². The van der Waals surface area contributed by atoms with Gasteiger partial charge in [-0.05, 0) is 87.7 Å². The van der Waals surface area contributed by atoms with E-state index in [0.29, 0.717) is 41.7 Å². The minimum absolute atomic E-state index is 0.0227. The zero-order chi connectivity index (χ0) is 37.4. The lowest BCUT2D eigenvalue weighted by atomic mass is 10.0. The molecule has 14 nitrogen and oxygen atoms in total. The molecule has 2 aliphatic heterocycles. The minimum atomic E-state index is -4.01. The van der Waals surface area contributed by atoms with Crippen LogP contribution in [0.4, 0.5) is 16.2 Å². The fourth-order valence-electron chi connectivity index (χ4n) is 5.96. The number of carbonyl (C=O) groups excluding carboxylic acids is 2. The molecule has 0 unspecified atom stereocenters. The number of benzene rings is 3. The van der Waals surface area contributed by atoms with Gasteiger partial charge >= 0.3 is 6.03 Å². The van der Waals surface area contributed by atoms with Gasteiger partial charge in [0.25, 0.3) is 15.9 Å². The average Bonchev–Trinajstić information content (AvgIpc) is 3.60. The van der Waals surface area contributed by atoms with E-state index in [0.717, 1.165) is 12.8 Å². The third-order valence-corrected chi connectivity index (χ3v) is 10.5. The average molecular weight is 741 g/mol. The number of fused-ring (bicyclic) bond motifs is 2. The Labute approximate surface area is 305 Å². The van der Waals surface area contributed by atoms with Crippen molar-refractivity contribution in [3.63, 3.8) is 0 Å². The molecule has 0 spiro atoms. The highest BCUT2D eigenvalue weighted by Gasteiger charge is 2.31. The summed E-state index contributed by atoms with van der Waals surface area (Å²) < 4.78 is 57.7. The van der Waals surface area contributed by atoms with Crippen molar-refractivity contribution >= 4 is 33.3 Å². The summed E-state index contributed by atoms with van der Waals surface area (Å²) >= 11 is 0. The summed E-state index contributed by atoms with van der Waals surface area (Å²) in [6.07, 6.45) is 1.49. The zero-order valence-electron chi connectivity index (χ0n) is 30.2. The van der Waals surface area contributed by atoms with Crippen molar-refractivity contribution in [3.8, 4) is 23.0 Å². The second-order valence-corrected chi connectivity index (χ2v) is 14.9. The number of aliphatic hydroxyl groups excluding tert-OH is 1. The second kappa shape index (κ2) is 17.2. The molecule has 0 aliphatic carbocycles. The van der Waals surface area contributed by atoms with Crippen molar-refractivity contribution < 1.29 is 46.8 Å². The summed E-state index contributed by atoms with van der Waals surface area (Å²) in [5.41, 5.74) is 0.862. The molecule has 5 rings (SSSR count). The molecule has 0 bridgehead atoms. The Kier molecular flexibility index (Phi) is 12.7. The normalized spacial score (nSPS) is 20.2. The van der Waals surface area contributed by atoms with Gasteiger partial charge < -0.3 is 43.9 Å². The van der Waals surface area contributed by atoms with Crippen LogP contribution in [0.5, 0.6) is 23.0 Å². The lowest BCUT2D eigenvalue weighted by molar-refractivity contribution is -0.0115. The standard InChI is InChI=1S/C37H48N4O10S/c1-24-20-41(25(2)22-42)36(43)31-18-28(39-52(45,46)30-13-11-29(47-5)12-14-30)10-15-32(31)51-26(3)8-6-7-17-48-35(24)21-40(4)37(44)38-27-9-16-33-34(19-27)50-23-49-33/h9-16,18-19,24-26,35,39,42H,6-8,17,20-23H2,1-5H3,(H,38,44)/t24-,25+,26-,35-/m0/s1. The fraction of sp³-hybridized carbons (Fsp3) is 0.459. The number of hydrogen-bond acceptors (Lipinski definition) is 10. The number of sulfonamides is 1. The van der Waals surface area contributed by atoms with E-state index in [-0.39, 0.29) is 60.7 Å². The number of amides is 3.